The van der Waals surface area contributed by atoms with Gasteiger partial charge in [0.15, 0.2) is 0 Å². The Morgan fingerprint density at radius 3 is 2.93 bits per heavy atom. The molecule has 0 N–H and O–H groups in total. The van der Waals surface area contributed by atoms with Crippen molar-refractivity contribution in [2.45, 2.75) is 51.0 Å². The van der Waals surface area contributed by atoms with Crippen molar-refractivity contribution in [2.24, 2.45) is 0 Å². The SMILES string of the molecule is O=CCCC(=O)OC1CCC#CCCC1. The molecule has 1 atom stereocenters. The molecule has 82 valence electrons. The third-order valence-corrected chi connectivity index (χ3v) is 2.31. The first-order valence-electron chi connectivity index (χ1n) is 5.42. The summed E-state index contributed by atoms with van der Waals surface area (Å²) in [6, 6.07) is 0. The fraction of sp³-hybridized carbons (Fsp3) is 0.667. The van der Waals surface area contributed by atoms with E-state index in [1.54, 1.807) is 0 Å². The standard InChI is InChI=1S/C12H16O3/c13-10-6-9-12(14)15-11-7-4-2-1-3-5-8-11/h10-11H,2,4-9H2. The van der Waals surface area contributed by atoms with Gasteiger partial charge in [0.1, 0.15) is 12.4 Å². The third-order valence-electron chi connectivity index (χ3n) is 2.31. The molecule has 1 aliphatic carbocycles. The minimum Gasteiger partial charge on any atom is -0.462 e. The fourth-order valence-corrected chi connectivity index (χ4v) is 1.51. The van der Waals surface area contributed by atoms with Gasteiger partial charge >= 0.3 is 5.97 Å². The summed E-state index contributed by atoms with van der Waals surface area (Å²) >= 11 is 0. The van der Waals surface area contributed by atoms with E-state index in [1.807, 2.05) is 0 Å². The molecule has 0 bridgehead atoms. The minimum atomic E-state index is -0.263. The summed E-state index contributed by atoms with van der Waals surface area (Å²) in [7, 11) is 0. The van der Waals surface area contributed by atoms with Gasteiger partial charge in [0.2, 0.25) is 0 Å². The van der Waals surface area contributed by atoms with E-state index in [1.165, 1.54) is 0 Å². The largest absolute Gasteiger partial charge is 0.462 e. The van der Waals surface area contributed by atoms with Crippen LogP contribution in [0.4, 0.5) is 0 Å². The average molecular weight is 208 g/mol. The van der Waals surface area contributed by atoms with Crippen molar-refractivity contribution in [1.29, 1.82) is 0 Å². The number of aldehydes is 1. The molecule has 0 heterocycles. The maximum atomic E-state index is 11.3. The summed E-state index contributed by atoms with van der Waals surface area (Å²) < 4.78 is 5.26. The Morgan fingerprint density at radius 1 is 1.33 bits per heavy atom. The topological polar surface area (TPSA) is 43.4 Å². The highest BCUT2D eigenvalue weighted by atomic mass is 16.5. The molecule has 0 aliphatic heterocycles. The lowest BCUT2D eigenvalue weighted by atomic mass is 10.0. The molecular weight excluding hydrogens is 192 g/mol. The van der Waals surface area contributed by atoms with E-state index < -0.39 is 0 Å². The lowest BCUT2D eigenvalue weighted by Gasteiger charge is -2.17. The molecule has 1 aliphatic rings. The van der Waals surface area contributed by atoms with Gasteiger partial charge in [0.05, 0.1) is 6.42 Å². The van der Waals surface area contributed by atoms with Gasteiger partial charge < -0.3 is 9.53 Å². The first-order valence-corrected chi connectivity index (χ1v) is 5.42. The minimum absolute atomic E-state index is 0.00116. The number of hydrogen-bond acceptors (Lipinski definition) is 3. The molecule has 0 amide bonds. The van der Waals surface area contributed by atoms with Gasteiger partial charge in [-0.1, -0.05) is 0 Å². The van der Waals surface area contributed by atoms with Gasteiger partial charge in [-0.05, 0) is 19.3 Å². The van der Waals surface area contributed by atoms with Crippen LogP contribution in [0.1, 0.15) is 44.9 Å². The van der Waals surface area contributed by atoms with Crippen LogP contribution in [0.2, 0.25) is 0 Å². The van der Waals surface area contributed by atoms with Gasteiger partial charge in [-0.25, -0.2) is 0 Å². The van der Waals surface area contributed by atoms with E-state index in [0.29, 0.717) is 0 Å². The number of carbonyl (C=O) groups excluding carboxylic acids is 2. The smallest absolute Gasteiger partial charge is 0.306 e. The summed E-state index contributed by atoms with van der Waals surface area (Å²) in [6.07, 6.45) is 5.58. The van der Waals surface area contributed by atoms with Crippen LogP contribution in [-0.2, 0) is 14.3 Å². The predicted octanol–water partition coefficient (Wildman–Crippen LogP) is 1.84. The molecule has 3 nitrogen and oxygen atoms in total. The summed E-state index contributed by atoms with van der Waals surface area (Å²) in [6.45, 7) is 0. The molecule has 0 spiro atoms. The molecule has 1 rings (SSSR count). The Balaban J connectivity index is 2.27. The monoisotopic (exact) mass is 208 g/mol. The maximum absolute atomic E-state index is 11.3. The van der Waals surface area contributed by atoms with Gasteiger partial charge in [-0.15, -0.1) is 11.8 Å². The summed E-state index contributed by atoms with van der Waals surface area (Å²) in [5.41, 5.74) is 0. The van der Waals surface area contributed by atoms with Crippen LogP contribution in [0.25, 0.3) is 0 Å². The van der Waals surface area contributed by atoms with E-state index in [0.717, 1.165) is 38.4 Å². The van der Waals surface area contributed by atoms with Gasteiger partial charge in [-0.3, -0.25) is 4.79 Å². The zero-order valence-corrected chi connectivity index (χ0v) is 8.83. The van der Waals surface area contributed by atoms with E-state index >= 15 is 0 Å². The number of rotatable bonds is 4. The van der Waals surface area contributed by atoms with Crippen LogP contribution in [0.3, 0.4) is 0 Å². The Bertz CT molecular complexity index is 272. The van der Waals surface area contributed by atoms with E-state index in [2.05, 4.69) is 11.8 Å². The van der Waals surface area contributed by atoms with Crippen molar-refractivity contribution >= 4 is 12.3 Å². The molecule has 0 aromatic carbocycles. The second-order valence-electron chi connectivity index (χ2n) is 3.60. The second-order valence-corrected chi connectivity index (χ2v) is 3.60. The first-order chi connectivity index (χ1) is 7.33. The maximum Gasteiger partial charge on any atom is 0.306 e. The van der Waals surface area contributed by atoms with Crippen molar-refractivity contribution in [1.82, 2.24) is 0 Å². The zero-order chi connectivity index (χ0) is 10.9. The fourth-order valence-electron chi connectivity index (χ4n) is 1.51. The normalized spacial score (nSPS) is 20.4. The highest BCUT2D eigenvalue weighted by Gasteiger charge is 2.14. The second kappa shape index (κ2) is 7.05. The highest BCUT2D eigenvalue weighted by molar-refractivity contribution is 5.72. The molecule has 0 aromatic rings. The Hall–Kier alpha value is -1.30. The van der Waals surface area contributed by atoms with Gasteiger partial charge in [-0.2, -0.15) is 0 Å². The number of hydrogen-bond donors (Lipinski definition) is 0. The van der Waals surface area contributed by atoms with Crippen molar-refractivity contribution in [3.05, 3.63) is 0 Å². The molecule has 3 heteroatoms. The number of esters is 1. The molecule has 0 fully saturated rings. The number of carbonyl (C=O) groups is 2. The predicted molar refractivity (Wildman–Crippen MR) is 56.0 cm³/mol. The van der Waals surface area contributed by atoms with E-state index in [-0.39, 0.29) is 24.9 Å². The van der Waals surface area contributed by atoms with Crippen LogP contribution in [0.5, 0.6) is 0 Å². The Morgan fingerprint density at radius 2 is 2.13 bits per heavy atom. The van der Waals surface area contributed by atoms with Gasteiger partial charge in [0.25, 0.3) is 0 Å². The summed E-state index contributed by atoms with van der Waals surface area (Å²) in [5.74, 6) is 5.83. The van der Waals surface area contributed by atoms with E-state index in [4.69, 9.17) is 4.74 Å². The van der Waals surface area contributed by atoms with Crippen LogP contribution in [-0.4, -0.2) is 18.4 Å². The van der Waals surface area contributed by atoms with Crippen molar-refractivity contribution in [3.63, 3.8) is 0 Å². The van der Waals surface area contributed by atoms with Crippen LogP contribution in [0, 0.1) is 11.8 Å². The molecule has 0 radical (unpaired) electrons. The first kappa shape index (κ1) is 11.8. The molecule has 0 saturated heterocycles. The molecular formula is C12H16O3. The van der Waals surface area contributed by atoms with Crippen LogP contribution >= 0.6 is 0 Å². The van der Waals surface area contributed by atoms with Crippen molar-refractivity contribution < 1.29 is 14.3 Å². The Kier molecular flexibility index (Phi) is 5.54. The Labute approximate surface area is 90.2 Å². The third kappa shape index (κ3) is 5.21. The number of ether oxygens (including phenoxy) is 1. The van der Waals surface area contributed by atoms with E-state index in [9.17, 15) is 9.59 Å². The molecule has 0 aromatic heterocycles. The summed E-state index contributed by atoms with van der Waals surface area (Å²) in [4.78, 5) is 21.3. The highest BCUT2D eigenvalue weighted by Crippen LogP contribution is 2.13. The average Bonchev–Trinajstić information content (AvgIpc) is 2.19. The lowest BCUT2D eigenvalue weighted by Crippen LogP contribution is -2.18. The lowest BCUT2D eigenvalue weighted by molar-refractivity contribution is -0.150. The quantitative estimate of drug-likeness (QED) is 0.402. The van der Waals surface area contributed by atoms with Gasteiger partial charge in [0, 0.05) is 19.3 Å². The molecule has 0 saturated carbocycles. The zero-order valence-electron chi connectivity index (χ0n) is 8.83. The van der Waals surface area contributed by atoms with Crippen molar-refractivity contribution in [3.8, 4) is 11.8 Å². The van der Waals surface area contributed by atoms with Crippen LogP contribution in [0.15, 0.2) is 0 Å². The molecule has 15 heavy (non-hydrogen) atoms. The molecule has 1 unspecified atom stereocenters. The van der Waals surface area contributed by atoms with Crippen molar-refractivity contribution in [2.75, 3.05) is 0 Å². The summed E-state index contributed by atoms with van der Waals surface area (Å²) in [5, 5.41) is 0. The van der Waals surface area contributed by atoms with Crippen LogP contribution < -0.4 is 0 Å².